The highest BCUT2D eigenvalue weighted by atomic mass is 79.9. The van der Waals surface area contributed by atoms with E-state index in [1.165, 1.54) is 0 Å². The molecule has 0 saturated heterocycles. The van der Waals surface area contributed by atoms with Crippen LogP contribution >= 0.6 is 67.0 Å². The molecule has 0 bridgehead atoms. The Morgan fingerprint density at radius 1 is 1.17 bits per heavy atom. The maximum atomic E-state index is 14.3. The second-order valence-corrected chi connectivity index (χ2v) is 13.5. The first-order valence-corrected chi connectivity index (χ1v) is 16.6. The summed E-state index contributed by atoms with van der Waals surface area (Å²) in [6, 6.07) is 6.93. The van der Waals surface area contributed by atoms with Crippen molar-refractivity contribution in [3.63, 3.8) is 0 Å². The predicted molar refractivity (Wildman–Crippen MR) is 168 cm³/mol. The number of esters is 1. The molecule has 2 aromatic carbocycles. The van der Waals surface area contributed by atoms with Crippen molar-refractivity contribution in [2.45, 2.75) is 26.1 Å². The van der Waals surface area contributed by atoms with Crippen LogP contribution in [0.1, 0.15) is 35.5 Å². The lowest BCUT2D eigenvalue weighted by molar-refractivity contribution is -0.144. The number of hydrogen-bond acceptors (Lipinski definition) is 8. The molecule has 0 fully saturated rings. The van der Waals surface area contributed by atoms with Gasteiger partial charge in [-0.3, -0.25) is 19.4 Å². The zero-order valence-corrected chi connectivity index (χ0v) is 29.9. The number of nitrogens with zero attached hydrogens (tertiary/aromatic N) is 3. The van der Waals surface area contributed by atoms with Crippen molar-refractivity contribution in [2.24, 2.45) is 7.05 Å². The first-order valence-electron chi connectivity index (χ1n) is 12.0. The lowest BCUT2D eigenvalue weighted by Gasteiger charge is -2.11. The molecule has 0 radical (unpaired) electrons. The molecule has 3 aromatic rings. The smallest absolute Gasteiger partial charge is 0.434 e. The van der Waals surface area contributed by atoms with Crippen LogP contribution in [0.3, 0.4) is 0 Å². The Hall–Kier alpha value is -2.56. The van der Waals surface area contributed by atoms with Crippen LogP contribution in [0.5, 0.6) is 5.75 Å². The second-order valence-electron chi connectivity index (χ2n) is 8.94. The van der Waals surface area contributed by atoms with E-state index in [1.807, 2.05) is 6.07 Å². The number of aryl methyl sites for hydroxylation is 1. The number of benzene rings is 2. The van der Waals surface area contributed by atoms with Crippen LogP contribution < -0.4 is 5.32 Å². The van der Waals surface area contributed by atoms with Gasteiger partial charge in [0.05, 0.1) is 54.6 Å². The van der Waals surface area contributed by atoms with Crippen LogP contribution in [0.2, 0.25) is 5.02 Å². The molecule has 0 aliphatic carbocycles. The van der Waals surface area contributed by atoms with Crippen LogP contribution in [-0.4, -0.2) is 60.7 Å². The summed E-state index contributed by atoms with van der Waals surface area (Å²) in [7, 11) is -3.01. The minimum Gasteiger partial charge on any atom is -0.506 e. The number of ether oxygens (including phenoxy) is 1. The third-order valence-corrected chi connectivity index (χ3v) is 7.78. The zero-order chi connectivity index (χ0) is 35.7. The number of aromatic hydroxyl groups is 1. The molecule has 0 spiro atoms. The summed E-state index contributed by atoms with van der Waals surface area (Å²) in [5.74, 6) is -2.76. The average Bonchev–Trinajstić information content (AvgIpc) is 3.20. The fourth-order valence-corrected chi connectivity index (χ4v) is 5.67. The van der Waals surface area contributed by atoms with Gasteiger partial charge in [-0.05, 0) is 85.9 Å². The molecule has 0 atom stereocenters. The highest BCUT2D eigenvalue weighted by molar-refractivity contribution is 9.11. The summed E-state index contributed by atoms with van der Waals surface area (Å²) in [6.45, 7) is 2.79. The zero-order valence-electron chi connectivity index (χ0n) is 23.5. The third-order valence-electron chi connectivity index (χ3n) is 4.87. The Labute approximate surface area is 288 Å². The number of phenolic OH excluding ortho intramolecular Hbond substituents is 1. The first-order chi connectivity index (χ1) is 21.0. The molecule has 0 unspecified atom stereocenters. The lowest BCUT2D eigenvalue weighted by Crippen LogP contribution is -2.23. The van der Waals surface area contributed by atoms with Crippen molar-refractivity contribution in [3.05, 3.63) is 65.3 Å². The van der Waals surface area contributed by atoms with Gasteiger partial charge in [0.25, 0.3) is 0 Å². The number of halogens is 8. The Balaban J connectivity index is 0.000000415. The topological polar surface area (TPSA) is 195 Å². The summed E-state index contributed by atoms with van der Waals surface area (Å²) in [5.41, 5.74) is -1.36. The Kier molecular flexibility index (Phi) is 15.8. The standard InChI is InChI=1S/C15H12BrClF4N2O2.C7H3Br2NO.C3H8NO5P/c1-6(2)25-14(24)7-4-8(10(18)5-9(7)17)12-11(16)13(15(19,20)21)23(3)22-12;8-5-1-4(3-10)2-6(9)7(5)11;5-3(6)1-4-2-10(7,8)9/h4-6H,1-3H3;1-2,11H;4H,1-2H2,(H,5,6)(H2,7,8,9). The molecule has 0 saturated carbocycles. The number of nitriles is 1. The van der Waals surface area contributed by atoms with Crippen LogP contribution in [0, 0.1) is 17.1 Å². The van der Waals surface area contributed by atoms with Crippen molar-refractivity contribution < 1.29 is 56.5 Å². The van der Waals surface area contributed by atoms with E-state index < -0.39 is 60.6 Å². The molecule has 46 heavy (non-hydrogen) atoms. The number of alkyl halides is 3. The summed E-state index contributed by atoms with van der Waals surface area (Å²) < 4.78 is 69.7. The predicted octanol–water partition coefficient (Wildman–Crippen LogP) is 6.81. The Morgan fingerprint density at radius 3 is 2.13 bits per heavy atom. The van der Waals surface area contributed by atoms with Gasteiger partial charge in [-0.15, -0.1) is 0 Å². The van der Waals surface area contributed by atoms with E-state index in [9.17, 15) is 36.8 Å². The summed E-state index contributed by atoms with van der Waals surface area (Å²) in [5, 5.41) is 31.3. The number of nitrogens with one attached hydrogen (secondary N) is 1. The maximum Gasteiger partial charge on any atom is 0.434 e. The monoisotopic (exact) mass is 886 g/mol. The molecule has 1 aromatic heterocycles. The van der Waals surface area contributed by atoms with E-state index in [-0.39, 0.29) is 27.6 Å². The molecule has 5 N–H and O–H groups in total. The number of aromatic nitrogens is 2. The number of hydrogen-bond donors (Lipinski definition) is 5. The van der Waals surface area contributed by atoms with Gasteiger partial charge in [-0.25, -0.2) is 9.18 Å². The highest BCUT2D eigenvalue weighted by Crippen LogP contribution is 2.41. The molecule has 12 nitrogen and oxygen atoms in total. The van der Waals surface area contributed by atoms with Crippen LogP contribution in [0.15, 0.2) is 37.7 Å². The van der Waals surface area contributed by atoms with Gasteiger partial charge < -0.3 is 24.7 Å². The number of aliphatic carboxylic acids is 1. The van der Waals surface area contributed by atoms with Crippen molar-refractivity contribution >= 4 is 78.9 Å². The van der Waals surface area contributed by atoms with Crippen LogP contribution in [0.25, 0.3) is 11.3 Å². The summed E-state index contributed by atoms with van der Waals surface area (Å²) >= 11 is 14.9. The number of carboxylic acid groups (broad SMARTS) is 1. The largest absolute Gasteiger partial charge is 0.506 e. The summed E-state index contributed by atoms with van der Waals surface area (Å²) in [4.78, 5) is 38.2. The van der Waals surface area contributed by atoms with Crippen molar-refractivity contribution in [2.75, 3.05) is 12.8 Å². The SMILES string of the molecule is CC(C)OC(=O)c1cc(-c2nn(C)c(C(F)(F)F)c2Br)c(F)cc1Cl.N#Cc1cc(Br)c(O)c(Br)c1.O=C(O)CNCP(=O)(O)O. The number of phenols is 1. The normalized spacial score (nSPS) is 11.2. The van der Waals surface area contributed by atoms with Gasteiger partial charge in [0.1, 0.15) is 17.3 Å². The van der Waals surface area contributed by atoms with Gasteiger partial charge >= 0.3 is 25.7 Å². The minimum atomic E-state index is -4.69. The quantitative estimate of drug-likeness (QED) is 0.0951. The van der Waals surface area contributed by atoms with Gasteiger partial charge in [0, 0.05) is 12.6 Å². The van der Waals surface area contributed by atoms with E-state index in [0.29, 0.717) is 19.2 Å². The molecular formula is C25H23Br3ClF4N4O8P. The highest BCUT2D eigenvalue weighted by Gasteiger charge is 2.39. The number of carboxylic acids is 1. The molecule has 0 amide bonds. The average molecular weight is 890 g/mol. The van der Waals surface area contributed by atoms with E-state index in [0.717, 1.165) is 19.2 Å². The summed E-state index contributed by atoms with van der Waals surface area (Å²) in [6.07, 6.45) is -5.74. The molecule has 21 heteroatoms. The van der Waals surface area contributed by atoms with Gasteiger partial charge in [-0.2, -0.15) is 23.5 Å². The molecular weight excluding hydrogens is 866 g/mol. The second kappa shape index (κ2) is 17.6. The fourth-order valence-electron chi connectivity index (χ4n) is 3.08. The number of carbonyl (C=O) groups is 2. The molecule has 1 heterocycles. The van der Waals surface area contributed by atoms with Gasteiger partial charge in [0.2, 0.25) is 0 Å². The maximum absolute atomic E-state index is 14.3. The van der Waals surface area contributed by atoms with Gasteiger partial charge in [0.15, 0.2) is 5.69 Å². The van der Waals surface area contributed by atoms with Crippen molar-refractivity contribution in [3.8, 4) is 23.1 Å². The van der Waals surface area contributed by atoms with E-state index in [1.54, 1.807) is 26.0 Å². The third kappa shape index (κ3) is 12.9. The minimum absolute atomic E-state index is 0.115. The lowest BCUT2D eigenvalue weighted by atomic mass is 10.1. The first kappa shape index (κ1) is 41.5. The Bertz CT molecular complexity index is 1660. The molecule has 3 rings (SSSR count). The van der Waals surface area contributed by atoms with E-state index in [2.05, 4.69) is 58.2 Å². The molecule has 0 aliphatic heterocycles. The molecule has 0 aliphatic rings. The number of carbonyl (C=O) groups excluding carboxylic acids is 1. The van der Waals surface area contributed by atoms with Crippen molar-refractivity contribution in [1.82, 2.24) is 15.1 Å². The number of rotatable bonds is 7. The van der Waals surface area contributed by atoms with E-state index >= 15 is 0 Å². The Morgan fingerprint density at radius 2 is 1.72 bits per heavy atom. The molecule has 252 valence electrons. The van der Waals surface area contributed by atoms with Crippen molar-refractivity contribution in [1.29, 1.82) is 5.26 Å². The van der Waals surface area contributed by atoms with Gasteiger partial charge in [-0.1, -0.05) is 11.6 Å². The van der Waals surface area contributed by atoms with Crippen LogP contribution in [0.4, 0.5) is 17.6 Å². The van der Waals surface area contributed by atoms with Crippen LogP contribution in [-0.2, 0) is 27.3 Å². The van der Waals surface area contributed by atoms with E-state index in [4.69, 9.17) is 36.5 Å². The fraction of sp³-hybridized carbons (Fsp3) is 0.280.